The van der Waals surface area contributed by atoms with Gasteiger partial charge in [0.25, 0.3) is 0 Å². The molecular weight excluding hydrogens is 253 g/mol. The van der Waals surface area contributed by atoms with Gasteiger partial charge in [-0.1, -0.05) is 35.9 Å². The predicted molar refractivity (Wildman–Crippen MR) is 77.4 cm³/mol. The van der Waals surface area contributed by atoms with Crippen molar-refractivity contribution in [2.24, 2.45) is 5.73 Å². The molecule has 2 aromatic carbocycles. The van der Waals surface area contributed by atoms with Crippen LogP contribution in [-0.2, 0) is 0 Å². The molecule has 0 aromatic heterocycles. The Hall–Kier alpha value is -1.87. The largest absolute Gasteiger partial charge is 0.493 e. The van der Waals surface area contributed by atoms with E-state index in [0.29, 0.717) is 12.2 Å². The number of rotatable bonds is 2. The molecule has 0 radical (unpaired) electrons. The Morgan fingerprint density at radius 2 is 2.05 bits per heavy atom. The van der Waals surface area contributed by atoms with Crippen molar-refractivity contribution in [3.63, 3.8) is 0 Å². The van der Waals surface area contributed by atoms with E-state index >= 15 is 0 Å². The topological polar surface area (TPSA) is 35.2 Å². The van der Waals surface area contributed by atoms with Gasteiger partial charge in [0.2, 0.25) is 0 Å². The maximum Gasteiger partial charge on any atom is 0.128 e. The van der Waals surface area contributed by atoms with E-state index in [4.69, 9.17) is 10.5 Å². The summed E-state index contributed by atoms with van der Waals surface area (Å²) in [5.74, 6) is 0.732. The number of nitrogens with two attached hydrogens (primary N) is 1. The molecular formula is C17H18FNO. The van der Waals surface area contributed by atoms with Crippen LogP contribution in [0.4, 0.5) is 4.39 Å². The number of hydrogen-bond acceptors (Lipinski definition) is 2. The summed E-state index contributed by atoms with van der Waals surface area (Å²) in [7, 11) is 0. The molecule has 104 valence electrons. The Labute approximate surface area is 118 Å². The average Bonchev–Trinajstić information content (AvgIpc) is 2.48. The molecule has 2 N–H and O–H groups in total. The number of fused-ring (bicyclic) bond motifs is 1. The Morgan fingerprint density at radius 1 is 1.25 bits per heavy atom. The fourth-order valence-corrected chi connectivity index (χ4v) is 2.88. The quantitative estimate of drug-likeness (QED) is 0.904. The molecule has 2 unspecified atom stereocenters. The van der Waals surface area contributed by atoms with E-state index in [2.05, 4.69) is 0 Å². The first-order chi connectivity index (χ1) is 9.66. The van der Waals surface area contributed by atoms with Crippen LogP contribution in [0.15, 0.2) is 42.5 Å². The lowest BCUT2D eigenvalue weighted by Gasteiger charge is -2.30. The lowest BCUT2D eigenvalue weighted by molar-refractivity contribution is 0.254. The molecule has 0 fully saturated rings. The standard InChI is InChI=1S/C17H18FNO/c1-11-6-7-15(18)14(10-11)17(19)13-8-9-20-16-5-3-2-4-12(13)16/h2-7,10,13,17H,8-9,19H2,1H3. The highest BCUT2D eigenvalue weighted by molar-refractivity contribution is 5.40. The summed E-state index contributed by atoms with van der Waals surface area (Å²) in [5, 5.41) is 0. The normalized spacial score (nSPS) is 19.1. The number of benzene rings is 2. The third kappa shape index (κ3) is 2.29. The van der Waals surface area contributed by atoms with Gasteiger partial charge in [0, 0.05) is 17.5 Å². The van der Waals surface area contributed by atoms with Crippen molar-refractivity contribution < 1.29 is 9.13 Å². The van der Waals surface area contributed by atoms with E-state index < -0.39 is 0 Å². The van der Waals surface area contributed by atoms with Gasteiger partial charge >= 0.3 is 0 Å². The average molecular weight is 271 g/mol. The number of para-hydroxylation sites is 1. The number of halogens is 1. The fourth-order valence-electron chi connectivity index (χ4n) is 2.88. The number of hydrogen-bond donors (Lipinski definition) is 1. The predicted octanol–water partition coefficient (Wildman–Crippen LogP) is 3.70. The minimum atomic E-state index is -0.347. The van der Waals surface area contributed by atoms with Gasteiger partial charge in [0.1, 0.15) is 11.6 Å². The van der Waals surface area contributed by atoms with E-state index in [1.807, 2.05) is 37.3 Å². The van der Waals surface area contributed by atoms with Crippen LogP contribution in [0.5, 0.6) is 5.75 Å². The molecule has 0 aliphatic carbocycles. The molecule has 0 saturated carbocycles. The summed E-state index contributed by atoms with van der Waals surface area (Å²) in [4.78, 5) is 0. The Bertz CT molecular complexity index is 626. The first-order valence-corrected chi connectivity index (χ1v) is 6.90. The lowest BCUT2D eigenvalue weighted by Crippen LogP contribution is -2.26. The molecule has 1 aliphatic rings. The SMILES string of the molecule is Cc1ccc(F)c(C(N)C2CCOc3ccccc32)c1. The van der Waals surface area contributed by atoms with Crippen LogP contribution in [0.3, 0.4) is 0 Å². The van der Waals surface area contributed by atoms with Crippen LogP contribution in [0.25, 0.3) is 0 Å². The zero-order chi connectivity index (χ0) is 14.1. The van der Waals surface area contributed by atoms with E-state index in [0.717, 1.165) is 23.3 Å². The molecule has 0 amide bonds. The molecule has 1 aliphatic heterocycles. The van der Waals surface area contributed by atoms with Gasteiger partial charge in [-0.25, -0.2) is 4.39 Å². The number of ether oxygens (including phenoxy) is 1. The van der Waals surface area contributed by atoms with Crippen LogP contribution in [0.2, 0.25) is 0 Å². The molecule has 2 atom stereocenters. The molecule has 3 rings (SSSR count). The van der Waals surface area contributed by atoms with E-state index in [9.17, 15) is 4.39 Å². The second kappa shape index (κ2) is 5.25. The molecule has 2 nitrogen and oxygen atoms in total. The maximum atomic E-state index is 14.0. The molecule has 0 spiro atoms. The van der Waals surface area contributed by atoms with Crippen LogP contribution >= 0.6 is 0 Å². The van der Waals surface area contributed by atoms with Crippen molar-refractivity contribution >= 4 is 0 Å². The molecule has 0 bridgehead atoms. The Balaban J connectivity index is 1.99. The maximum absolute atomic E-state index is 14.0. The van der Waals surface area contributed by atoms with Crippen molar-refractivity contribution in [2.45, 2.75) is 25.3 Å². The van der Waals surface area contributed by atoms with Gasteiger partial charge < -0.3 is 10.5 Å². The first-order valence-electron chi connectivity index (χ1n) is 6.90. The highest BCUT2D eigenvalue weighted by Crippen LogP contribution is 2.40. The Kier molecular flexibility index (Phi) is 3.45. The van der Waals surface area contributed by atoms with Gasteiger partial charge in [0.15, 0.2) is 0 Å². The van der Waals surface area contributed by atoms with Gasteiger partial charge in [-0.2, -0.15) is 0 Å². The van der Waals surface area contributed by atoms with Crippen LogP contribution in [-0.4, -0.2) is 6.61 Å². The second-order valence-corrected chi connectivity index (χ2v) is 5.33. The van der Waals surface area contributed by atoms with Crippen molar-refractivity contribution in [1.29, 1.82) is 0 Å². The van der Waals surface area contributed by atoms with Crippen molar-refractivity contribution in [3.05, 3.63) is 65.0 Å². The van der Waals surface area contributed by atoms with Crippen LogP contribution in [0, 0.1) is 12.7 Å². The van der Waals surface area contributed by atoms with Crippen molar-refractivity contribution in [1.82, 2.24) is 0 Å². The zero-order valence-electron chi connectivity index (χ0n) is 11.5. The Morgan fingerprint density at radius 3 is 2.90 bits per heavy atom. The van der Waals surface area contributed by atoms with Crippen molar-refractivity contribution in [3.8, 4) is 5.75 Å². The van der Waals surface area contributed by atoms with Gasteiger partial charge in [0.05, 0.1) is 6.61 Å². The highest BCUT2D eigenvalue weighted by atomic mass is 19.1. The molecule has 2 aromatic rings. The van der Waals surface area contributed by atoms with Gasteiger partial charge in [-0.15, -0.1) is 0 Å². The van der Waals surface area contributed by atoms with Crippen LogP contribution in [0.1, 0.15) is 35.1 Å². The summed E-state index contributed by atoms with van der Waals surface area (Å²) in [5.41, 5.74) is 9.05. The zero-order valence-corrected chi connectivity index (χ0v) is 11.5. The smallest absolute Gasteiger partial charge is 0.128 e. The monoisotopic (exact) mass is 271 g/mol. The summed E-state index contributed by atoms with van der Waals surface area (Å²) in [6.07, 6.45) is 0.811. The lowest BCUT2D eigenvalue weighted by atomic mass is 9.83. The highest BCUT2D eigenvalue weighted by Gasteiger charge is 2.28. The molecule has 1 heterocycles. The van der Waals surface area contributed by atoms with Crippen molar-refractivity contribution in [2.75, 3.05) is 6.61 Å². The summed E-state index contributed by atoms with van der Waals surface area (Å²) in [6.45, 7) is 2.58. The third-order valence-electron chi connectivity index (χ3n) is 3.95. The molecule has 3 heteroatoms. The van der Waals surface area contributed by atoms with Gasteiger partial charge in [-0.3, -0.25) is 0 Å². The van der Waals surface area contributed by atoms with Gasteiger partial charge in [-0.05, 0) is 31.0 Å². The minimum absolute atomic E-state index is 0.0937. The third-order valence-corrected chi connectivity index (χ3v) is 3.95. The summed E-state index contributed by atoms with van der Waals surface area (Å²) >= 11 is 0. The molecule has 0 saturated heterocycles. The molecule has 20 heavy (non-hydrogen) atoms. The minimum Gasteiger partial charge on any atom is -0.493 e. The fraction of sp³-hybridized carbons (Fsp3) is 0.294. The summed E-state index contributed by atoms with van der Waals surface area (Å²) < 4.78 is 19.7. The first kappa shape index (κ1) is 13.1. The number of aryl methyl sites for hydroxylation is 1. The van der Waals surface area contributed by atoms with E-state index in [-0.39, 0.29) is 17.8 Å². The second-order valence-electron chi connectivity index (χ2n) is 5.33. The van der Waals surface area contributed by atoms with E-state index in [1.54, 1.807) is 6.07 Å². The van der Waals surface area contributed by atoms with E-state index in [1.165, 1.54) is 6.07 Å². The summed E-state index contributed by atoms with van der Waals surface area (Å²) in [6, 6.07) is 12.6. The van der Waals surface area contributed by atoms with Crippen LogP contribution < -0.4 is 10.5 Å².